The zero-order valence-corrected chi connectivity index (χ0v) is 12.9. The van der Waals surface area contributed by atoms with Crippen LogP contribution in [0.15, 0.2) is 29.2 Å². The Hall–Kier alpha value is -1.08. The van der Waals surface area contributed by atoms with Crippen LogP contribution in [0.5, 0.6) is 0 Å². The number of nitrogens with one attached hydrogen (secondary N) is 1. The predicted molar refractivity (Wildman–Crippen MR) is 75.9 cm³/mol. The molecule has 1 unspecified atom stereocenters. The summed E-state index contributed by atoms with van der Waals surface area (Å²) in [7, 11) is -3.26. The van der Waals surface area contributed by atoms with E-state index in [0.717, 1.165) is 11.8 Å². The van der Waals surface area contributed by atoms with E-state index >= 15 is 0 Å². The molecule has 7 heteroatoms. The molecular weight excluding hydrogens is 303 g/mol. The van der Waals surface area contributed by atoms with Crippen LogP contribution in [0, 0.1) is 0 Å². The third kappa shape index (κ3) is 6.48. The molecule has 0 aliphatic heterocycles. The second-order valence-electron chi connectivity index (χ2n) is 4.96. The summed E-state index contributed by atoms with van der Waals surface area (Å²) in [5.74, 6) is 0. The molecule has 0 saturated heterocycles. The maximum absolute atomic E-state index is 12.2. The molecule has 0 fully saturated rings. The first kappa shape index (κ1) is 18.0. The van der Waals surface area contributed by atoms with Crippen molar-refractivity contribution in [2.24, 2.45) is 0 Å². The third-order valence-electron chi connectivity index (χ3n) is 3.11. The molecule has 1 N–H and O–H groups in total. The zero-order valence-electron chi connectivity index (χ0n) is 12.1. The summed E-state index contributed by atoms with van der Waals surface area (Å²) < 4.78 is 59.3. The van der Waals surface area contributed by atoms with E-state index in [2.05, 4.69) is 5.32 Å². The van der Waals surface area contributed by atoms with E-state index in [0.29, 0.717) is 13.0 Å². The largest absolute Gasteiger partial charge is 0.389 e. The lowest BCUT2D eigenvalue weighted by Crippen LogP contribution is -2.21. The van der Waals surface area contributed by atoms with Crippen molar-refractivity contribution in [1.29, 1.82) is 0 Å². The fourth-order valence-electron chi connectivity index (χ4n) is 2.09. The minimum absolute atomic E-state index is 0.0367. The molecule has 21 heavy (non-hydrogen) atoms. The fraction of sp³-hybridized carbons (Fsp3) is 0.571. The Balaban J connectivity index is 2.76. The van der Waals surface area contributed by atoms with E-state index in [4.69, 9.17) is 0 Å². The van der Waals surface area contributed by atoms with Gasteiger partial charge in [-0.3, -0.25) is 0 Å². The van der Waals surface area contributed by atoms with Gasteiger partial charge in [-0.15, -0.1) is 0 Å². The number of halogens is 3. The molecule has 1 rings (SSSR count). The average molecular weight is 323 g/mol. The van der Waals surface area contributed by atoms with Gasteiger partial charge in [-0.2, -0.15) is 13.2 Å². The zero-order chi connectivity index (χ0) is 16.1. The van der Waals surface area contributed by atoms with Crippen LogP contribution in [0.4, 0.5) is 13.2 Å². The highest BCUT2D eigenvalue weighted by atomic mass is 32.2. The topological polar surface area (TPSA) is 46.2 Å². The van der Waals surface area contributed by atoms with Gasteiger partial charge in [-0.25, -0.2) is 8.42 Å². The van der Waals surface area contributed by atoms with Crippen molar-refractivity contribution >= 4 is 9.84 Å². The monoisotopic (exact) mass is 323 g/mol. The molecule has 0 heterocycles. The number of alkyl halides is 3. The first-order chi connectivity index (χ1) is 9.63. The normalized spacial score (nSPS) is 14.1. The Morgan fingerprint density at radius 2 is 1.76 bits per heavy atom. The van der Waals surface area contributed by atoms with Gasteiger partial charge < -0.3 is 5.32 Å². The Bertz CT molecular complexity index is 538. The molecule has 1 aromatic carbocycles. The first-order valence-corrected chi connectivity index (χ1v) is 8.63. The Morgan fingerprint density at radius 1 is 1.19 bits per heavy atom. The van der Waals surface area contributed by atoms with Crippen molar-refractivity contribution in [2.45, 2.75) is 43.3 Å². The highest BCUT2D eigenvalue weighted by Gasteiger charge is 2.26. The Kier molecular flexibility index (Phi) is 6.22. The van der Waals surface area contributed by atoms with Crippen LogP contribution < -0.4 is 5.32 Å². The standard InChI is InChI=1S/C14H20F3NO2S/c1-3-18-13(5-4-10-14(15,16)17)11-6-8-12(9-7-11)21(2,19)20/h6-9,13,18H,3-5,10H2,1-2H3. The van der Waals surface area contributed by atoms with Gasteiger partial charge in [0.15, 0.2) is 9.84 Å². The highest BCUT2D eigenvalue weighted by Crippen LogP contribution is 2.26. The molecule has 3 nitrogen and oxygen atoms in total. The molecule has 0 radical (unpaired) electrons. The van der Waals surface area contributed by atoms with Gasteiger partial charge in [-0.05, 0) is 37.1 Å². The summed E-state index contributed by atoms with van der Waals surface area (Å²) in [5, 5.41) is 3.13. The molecule has 0 aliphatic rings. The van der Waals surface area contributed by atoms with Crippen LogP contribution in [-0.2, 0) is 9.84 Å². The molecule has 120 valence electrons. The molecular formula is C14H20F3NO2S. The van der Waals surface area contributed by atoms with Crippen molar-refractivity contribution in [3.8, 4) is 0 Å². The molecule has 0 saturated carbocycles. The summed E-state index contributed by atoms with van der Waals surface area (Å²) in [5.41, 5.74) is 0.798. The lowest BCUT2D eigenvalue weighted by molar-refractivity contribution is -0.135. The summed E-state index contributed by atoms with van der Waals surface area (Å²) in [6.45, 7) is 2.51. The number of benzene rings is 1. The number of rotatable bonds is 7. The SMILES string of the molecule is CCNC(CCCC(F)(F)F)c1ccc(S(C)(=O)=O)cc1. The molecule has 0 aliphatic carbocycles. The van der Waals surface area contributed by atoms with Crippen molar-refractivity contribution in [3.63, 3.8) is 0 Å². The van der Waals surface area contributed by atoms with Gasteiger partial charge in [0.1, 0.15) is 0 Å². The van der Waals surface area contributed by atoms with E-state index < -0.39 is 22.4 Å². The van der Waals surface area contributed by atoms with Crippen LogP contribution >= 0.6 is 0 Å². The summed E-state index contributed by atoms with van der Waals surface area (Å²) >= 11 is 0. The van der Waals surface area contributed by atoms with Crippen LogP contribution in [-0.4, -0.2) is 27.4 Å². The van der Waals surface area contributed by atoms with E-state index in [1.165, 1.54) is 12.1 Å². The minimum atomic E-state index is -4.14. The summed E-state index contributed by atoms with van der Waals surface area (Å²) in [4.78, 5) is 0.205. The van der Waals surface area contributed by atoms with Gasteiger partial charge in [0.25, 0.3) is 0 Å². The quantitative estimate of drug-likeness (QED) is 0.836. The van der Waals surface area contributed by atoms with E-state index in [-0.39, 0.29) is 17.4 Å². The van der Waals surface area contributed by atoms with Crippen LogP contribution in [0.1, 0.15) is 37.8 Å². The molecule has 0 aromatic heterocycles. The molecule has 0 bridgehead atoms. The summed E-state index contributed by atoms with van der Waals surface area (Å²) in [6.07, 6.45) is -3.44. The van der Waals surface area contributed by atoms with E-state index in [1.54, 1.807) is 12.1 Å². The van der Waals surface area contributed by atoms with Gasteiger partial charge in [0, 0.05) is 18.7 Å². The van der Waals surface area contributed by atoms with Crippen molar-refractivity contribution < 1.29 is 21.6 Å². The van der Waals surface area contributed by atoms with E-state index in [1.807, 2.05) is 6.92 Å². The molecule has 0 spiro atoms. The molecule has 1 aromatic rings. The Labute approximate surface area is 123 Å². The third-order valence-corrected chi connectivity index (χ3v) is 4.24. The second-order valence-corrected chi connectivity index (χ2v) is 6.97. The molecule has 1 atom stereocenters. The van der Waals surface area contributed by atoms with E-state index in [9.17, 15) is 21.6 Å². The summed E-state index contributed by atoms with van der Waals surface area (Å²) in [6, 6.07) is 6.07. The van der Waals surface area contributed by atoms with Gasteiger partial charge in [0.2, 0.25) is 0 Å². The highest BCUT2D eigenvalue weighted by molar-refractivity contribution is 7.90. The fourth-order valence-corrected chi connectivity index (χ4v) is 2.72. The smallest absolute Gasteiger partial charge is 0.310 e. The van der Waals surface area contributed by atoms with Crippen LogP contribution in [0.25, 0.3) is 0 Å². The van der Waals surface area contributed by atoms with Gasteiger partial charge >= 0.3 is 6.18 Å². The van der Waals surface area contributed by atoms with Crippen molar-refractivity contribution in [3.05, 3.63) is 29.8 Å². The minimum Gasteiger partial charge on any atom is -0.310 e. The van der Waals surface area contributed by atoms with Crippen LogP contribution in [0.2, 0.25) is 0 Å². The van der Waals surface area contributed by atoms with Gasteiger partial charge in [-0.1, -0.05) is 19.1 Å². The first-order valence-electron chi connectivity index (χ1n) is 6.73. The second kappa shape index (κ2) is 7.26. The lowest BCUT2D eigenvalue weighted by atomic mass is 10.0. The van der Waals surface area contributed by atoms with Gasteiger partial charge in [0.05, 0.1) is 4.90 Å². The number of sulfone groups is 1. The maximum atomic E-state index is 12.2. The average Bonchev–Trinajstić information content (AvgIpc) is 2.35. The predicted octanol–water partition coefficient (Wildman–Crippen LogP) is 3.47. The number of hydrogen-bond donors (Lipinski definition) is 1. The van der Waals surface area contributed by atoms with Crippen molar-refractivity contribution in [2.75, 3.05) is 12.8 Å². The molecule has 0 amide bonds. The maximum Gasteiger partial charge on any atom is 0.389 e. The lowest BCUT2D eigenvalue weighted by Gasteiger charge is -2.19. The van der Waals surface area contributed by atoms with Crippen LogP contribution in [0.3, 0.4) is 0 Å². The number of hydrogen-bond acceptors (Lipinski definition) is 3. The Morgan fingerprint density at radius 3 is 2.19 bits per heavy atom. The van der Waals surface area contributed by atoms with Crippen molar-refractivity contribution in [1.82, 2.24) is 5.32 Å².